The van der Waals surface area contributed by atoms with Crippen LogP contribution >= 0.6 is 11.6 Å². The van der Waals surface area contributed by atoms with Crippen LogP contribution in [-0.2, 0) is 9.53 Å². The number of benzene rings is 1. The summed E-state index contributed by atoms with van der Waals surface area (Å²) in [5.74, 6) is 0.0864. The Hall–Kier alpha value is -1.06. The van der Waals surface area contributed by atoms with Gasteiger partial charge in [0.2, 0.25) is 0 Å². The number of fused-ring (bicyclic) bond motifs is 2. The molecule has 2 bridgehead atoms. The normalized spacial score (nSPS) is 32.1. The molecule has 2 heterocycles. The lowest BCUT2D eigenvalue weighted by atomic mass is 9.76. The van der Waals surface area contributed by atoms with Gasteiger partial charge in [0.15, 0.2) is 0 Å². The molecule has 1 aromatic rings. The van der Waals surface area contributed by atoms with Gasteiger partial charge in [0.05, 0.1) is 12.5 Å². The fraction of sp³-hybridized carbons (Fsp3) is 0.588. The van der Waals surface area contributed by atoms with Crippen molar-refractivity contribution in [1.29, 1.82) is 0 Å². The largest absolute Gasteiger partial charge is 0.466 e. The predicted molar refractivity (Wildman–Crippen MR) is 83.5 cm³/mol. The maximum atomic E-state index is 12.5. The number of esters is 1. The summed E-state index contributed by atoms with van der Waals surface area (Å²) in [4.78, 5) is 14.9. The molecule has 0 saturated carbocycles. The van der Waals surface area contributed by atoms with E-state index in [2.05, 4.69) is 18.0 Å². The van der Waals surface area contributed by atoms with Crippen LogP contribution in [0.4, 0.5) is 0 Å². The number of piperidine rings is 1. The zero-order valence-corrected chi connectivity index (χ0v) is 13.3. The van der Waals surface area contributed by atoms with E-state index in [4.69, 9.17) is 16.3 Å². The van der Waals surface area contributed by atoms with Gasteiger partial charge in [-0.15, -0.1) is 0 Å². The standard InChI is InChI=1S/C17H22ClNO2/c1-3-21-17(20)16-14(11-5-4-6-12(18)9-11)10-13-7-8-15(16)19(13)2/h4-6,9,13-16H,3,7-8,10H2,1-2H3/t13?,14-,15?,16-/m1/s1. The molecule has 114 valence electrons. The molecule has 3 nitrogen and oxygen atoms in total. The SMILES string of the molecule is CCOC(=O)[C@H]1C2CCC(C[C@@H]1c1cccc(Cl)c1)N2C. The summed E-state index contributed by atoms with van der Waals surface area (Å²) in [6.45, 7) is 2.31. The number of hydrogen-bond donors (Lipinski definition) is 0. The van der Waals surface area contributed by atoms with Crippen molar-refractivity contribution in [3.8, 4) is 0 Å². The lowest BCUT2D eigenvalue weighted by Crippen LogP contribution is -2.49. The number of halogens is 1. The van der Waals surface area contributed by atoms with E-state index in [0.29, 0.717) is 18.7 Å². The molecule has 0 amide bonds. The Labute approximate surface area is 131 Å². The fourth-order valence-corrected chi connectivity index (χ4v) is 4.31. The number of rotatable bonds is 3. The highest BCUT2D eigenvalue weighted by Crippen LogP contribution is 2.46. The third kappa shape index (κ3) is 2.69. The minimum atomic E-state index is -0.0767. The van der Waals surface area contributed by atoms with E-state index in [1.165, 1.54) is 12.0 Å². The van der Waals surface area contributed by atoms with E-state index in [-0.39, 0.29) is 17.8 Å². The fourth-order valence-electron chi connectivity index (χ4n) is 4.11. The first-order valence-corrected chi connectivity index (χ1v) is 8.13. The molecule has 2 aliphatic heterocycles. The first-order chi connectivity index (χ1) is 10.1. The van der Waals surface area contributed by atoms with Crippen molar-refractivity contribution in [3.05, 3.63) is 34.9 Å². The summed E-state index contributed by atoms with van der Waals surface area (Å²) in [5, 5.41) is 0.737. The third-order valence-corrected chi connectivity index (χ3v) is 5.34. The lowest BCUT2D eigenvalue weighted by Gasteiger charge is -2.41. The first-order valence-electron chi connectivity index (χ1n) is 7.76. The maximum Gasteiger partial charge on any atom is 0.311 e. The molecule has 4 heteroatoms. The van der Waals surface area contributed by atoms with E-state index < -0.39 is 0 Å². The van der Waals surface area contributed by atoms with Gasteiger partial charge >= 0.3 is 5.97 Å². The average Bonchev–Trinajstić information content (AvgIpc) is 2.71. The number of nitrogens with zero attached hydrogens (tertiary/aromatic N) is 1. The molecule has 2 saturated heterocycles. The molecule has 2 fully saturated rings. The second-order valence-electron chi connectivity index (χ2n) is 6.14. The number of carbonyl (C=O) groups is 1. The Balaban J connectivity index is 1.95. The molecule has 4 atom stereocenters. The zero-order chi connectivity index (χ0) is 15.0. The number of ether oxygens (including phenoxy) is 1. The summed E-state index contributed by atoms with van der Waals surface area (Å²) in [6, 6.07) is 8.82. The molecule has 0 aliphatic carbocycles. The van der Waals surface area contributed by atoms with E-state index in [0.717, 1.165) is 17.9 Å². The minimum Gasteiger partial charge on any atom is -0.466 e. The number of carbonyl (C=O) groups excluding carboxylic acids is 1. The van der Waals surface area contributed by atoms with Crippen LogP contribution in [-0.4, -0.2) is 36.6 Å². The van der Waals surface area contributed by atoms with Gasteiger partial charge in [0, 0.05) is 23.0 Å². The molecule has 0 spiro atoms. The summed E-state index contributed by atoms with van der Waals surface area (Å²) < 4.78 is 5.36. The Morgan fingerprint density at radius 3 is 2.95 bits per heavy atom. The Morgan fingerprint density at radius 2 is 2.24 bits per heavy atom. The van der Waals surface area contributed by atoms with Gasteiger partial charge in [-0.2, -0.15) is 0 Å². The molecule has 1 aromatic carbocycles. The number of hydrogen-bond acceptors (Lipinski definition) is 3. The first kappa shape index (κ1) is 14.9. The highest BCUT2D eigenvalue weighted by Gasteiger charge is 2.49. The lowest BCUT2D eigenvalue weighted by molar-refractivity contribution is -0.152. The highest BCUT2D eigenvalue weighted by atomic mass is 35.5. The monoisotopic (exact) mass is 307 g/mol. The van der Waals surface area contributed by atoms with Gasteiger partial charge in [0.1, 0.15) is 0 Å². The van der Waals surface area contributed by atoms with Crippen LogP contribution in [0, 0.1) is 5.92 Å². The topological polar surface area (TPSA) is 29.5 Å². The molecule has 0 radical (unpaired) electrons. The van der Waals surface area contributed by atoms with Crippen LogP contribution in [0.1, 0.15) is 37.7 Å². The van der Waals surface area contributed by atoms with E-state index in [1.807, 2.05) is 25.1 Å². The van der Waals surface area contributed by atoms with Gasteiger partial charge in [0.25, 0.3) is 0 Å². The molecule has 3 rings (SSSR count). The molecule has 0 N–H and O–H groups in total. The third-order valence-electron chi connectivity index (χ3n) is 5.10. The highest BCUT2D eigenvalue weighted by molar-refractivity contribution is 6.30. The average molecular weight is 308 g/mol. The second kappa shape index (κ2) is 5.98. The second-order valence-corrected chi connectivity index (χ2v) is 6.58. The molecule has 2 unspecified atom stereocenters. The van der Waals surface area contributed by atoms with Crippen LogP contribution in [0.25, 0.3) is 0 Å². The van der Waals surface area contributed by atoms with Crippen molar-refractivity contribution in [2.24, 2.45) is 5.92 Å². The Morgan fingerprint density at radius 1 is 1.43 bits per heavy atom. The van der Waals surface area contributed by atoms with Crippen molar-refractivity contribution >= 4 is 17.6 Å². The maximum absolute atomic E-state index is 12.5. The zero-order valence-electron chi connectivity index (χ0n) is 12.6. The van der Waals surface area contributed by atoms with Crippen molar-refractivity contribution in [1.82, 2.24) is 4.90 Å². The van der Waals surface area contributed by atoms with E-state index in [1.54, 1.807) is 0 Å². The van der Waals surface area contributed by atoms with Crippen molar-refractivity contribution in [2.75, 3.05) is 13.7 Å². The van der Waals surface area contributed by atoms with Gasteiger partial charge in [-0.1, -0.05) is 23.7 Å². The Kier molecular flexibility index (Phi) is 4.23. The van der Waals surface area contributed by atoms with Crippen LogP contribution in [0.2, 0.25) is 5.02 Å². The van der Waals surface area contributed by atoms with Crippen molar-refractivity contribution in [2.45, 2.75) is 44.2 Å². The van der Waals surface area contributed by atoms with Crippen molar-refractivity contribution < 1.29 is 9.53 Å². The minimum absolute atomic E-state index is 0.0559. The molecule has 0 aromatic heterocycles. The summed E-state index contributed by atoms with van der Waals surface area (Å²) >= 11 is 6.14. The van der Waals surface area contributed by atoms with Gasteiger partial charge < -0.3 is 4.74 Å². The van der Waals surface area contributed by atoms with Crippen LogP contribution in [0.15, 0.2) is 24.3 Å². The smallest absolute Gasteiger partial charge is 0.311 e. The van der Waals surface area contributed by atoms with Gasteiger partial charge in [-0.05, 0) is 50.9 Å². The summed E-state index contributed by atoms with van der Waals surface area (Å²) in [5.41, 5.74) is 1.17. The van der Waals surface area contributed by atoms with E-state index in [9.17, 15) is 4.79 Å². The van der Waals surface area contributed by atoms with Crippen LogP contribution in [0.5, 0.6) is 0 Å². The predicted octanol–water partition coefficient (Wildman–Crippen LogP) is 3.47. The van der Waals surface area contributed by atoms with E-state index >= 15 is 0 Å². The molecule has 21 heavy (non-hydrogen) atoms. The van der Waals surface area contributed by atoms with Gasteiger partial charge in [-0.25, -0.2) is 0 Å². The van der Waals surface area contributed by atoms with Crippen LogP contribution in [0.3, 0.4) is 0 Å². The van der Waals surface area contributed by atoms with Gasteiger partial charge in [-0.3, -0.25) is 9.69 Å². The summed E-state index contributed by atoms with van der Waals surface area (Å²) in [6.07, 6.45) is 3.27. The van der Waals surface area contributed by atoms with Crippen molar-refractivity contribution in [3.63, 3.8) is 0 Å². The molecule has 2 aliphatic rings. The molecular weight excluding hydrogens is 286 g/mol. The Bertz CT molecular complexity index is 533. The molecular formula is C17H22ClNO2. The van der Waals surface area contributed by atoms with Crippen LogP contribution < -0.4 is 0 Å². The summed E-state index contributed by atoms with van der Waals surface area (Å²) in [7, 11) is 2.14. The quantitative estimate of drug-likeness (QED) is 0.801.